The fourth-order valence-electron chi connectivity index (χ4n) is 1.73. The molecule has 2 rings (SSSR count). The molecule has 0 spiro atoms. The van der Waals surface area contributed by atoms with E-state index < -0.39 is 0 Å². The van der Waals surface area contributed by atoms with E-state index in [9.17, 15) is 4.79 Å². The average molecular weight is 244 g/mol. The van der Waals surface area contributed by atoms with Gasteiger partial charge in [0.25, 0.3) is 0 Å². The molecule has 0 saturated heterocycles. The lowest BCUT2D eigenvalue weighted by Crippen LogP contribution is -2.27. The maximum Gasteiger partial charge on any atom is 0.224 e. The quantitative estimate of drug-likeness (QED) is 0.787. The van der Waals surface area contributed by atoms with Crippen LogP contribution in [0.1, 0.15) is 11.3 Å². The minimum absolute atomic E-state index is 0.00726. The molecule has 18 heavy (non-hydrogen) atoms. The molecule has 0 bridgehead atoms. The summed E-state index contributed by atoms with van der Waals surface area (Å²) in [5.74, 6) is 0.867. The lowest BCUT2D eigenvalue weighted by Gasteiger charge is -2.04. The fourth-order valence-corrected chi connectivity index (χ4v) is 1.73. The molecule has 1 amide bonds. The fraction of sp³-hybridized carbons (Fsp3) is 0.214. The summed E-state index contributed by atoms with van der Waals surface area (Å²) in [6, 6.07) is 11.1. The number of furan rings is 1. The molecule has 0 saturated carbocycles. The molecule has 1 aromatic heterocycles. The van der Waals surface area contributed by atoms with Gasteiger partial charge in [-0.3, -0.25) is 4.79 Å². The Labute approximate surface area is 106 Å². The Morgan fingerprint density at radius 1 is 1.28 bits per heavy atom. The number of amides is 1. The predicted molar refractivity (Wildman–Crippen MR) is 70.0 cm³/mol. The van der Waals surface area contributed by atoms with Gasteiger partial charge in [-0.15, -0.1) is 0 Å². The van der Waals surface area contributed by atoms with E-state index in [0.29, 0.717) is 25.1 Å². The van der Waals surface area contributed by atoms with Gasteiger partial charge in [0, 0.05) is 18.7 Å². The third-order valence-electron chi connectivity index (χ3n) is 2.59. The Kier molecular flexibility index (Phi) is 4.02. The number of rotatable bonds is 5. The van der Waals surface area contributed by atoms with Crippen molar-refractivity contribution in [2.24, 2.45) is 0 Å². The lowest BCUT2D eigenvalue weighted by molar-refractivity contribution is -0.120. The standard InChI is InChI=1S/C14H16N2O2/c15-12-4-1-3-11(9-12)10-14(17)16-7-6-13-5-2-8-18-13/h1-5,8-9H,6-7,10,15H2,(H,16,17). The van der Waals surface area contributed by atoms with Crippen LogP contribution in [0.4, 0.5) is 5.69 Å². The highest BCUT2D eigenvalue weighted by Crippen LogP contribution is 2.07. The second kappa shape index (κ2) is 5.91. The van der Waals surface area contributed by atoms with Crippen molar-refractivity contribution in [2.45, 2.75) is 12.8 Å². The number of carbonyl (C=O) groups excluding carboxylic acids is 1. The zero-order valence-electron chi connectivity index (χ0n) is 10.1. The summed E-state index contributed by atoms with van der Waals surface area (Å²) in [6.07, 6.45) is 2.68. The van der Waals surface area contributed by atoms with Crippen molar-refractivity contribution in [3.8, 4) is 0 Å². The van der Waals surface area contributed by atoms with Gasteiger partial charge in [0.05, 0.1) is 12.7 Å². The van der Waals surface area contributed by atoms with Crippen molar-refractivity contribution in [3.63, 3.8) is 0 Å². The lowest BCUT2D eigenvalue weighted by atomic mass is 10.1. The first-order valence-electron chi connectivity index (χ1n) is 5.87. The average Bonchev–Trinajstić information content (AvgIpc) is 2.82. The van der Waals surface area contributed by atoms with E-state index in [1.165, 1.54) is 0 Å². The molecular weight excluding hydrogens is 228 g/mol. The van der Waals surface area contributed by atoms with E-state index in [0.717, 1.165) is 11.3 Å². The molecule has 3 N–H and O–H groups in total. The zero-order valence-corrected chi connectivity index (χ0v) is 10.1. The first kappa shape index (κ1) is 12.2. The highest BCUT2D eigenvalue weighted by atomic mass is 16.3. The van der Waals surface area contributed by atoms with Crippen LogP contribution in [0.2, 0.25) is 0 Å². The van der Waals surface area contributed by atoms with Crippen molar-refractivity contribution in [1.82, 2.24) is 5.32 Å². The maximum atomic E-state index is 11.7. The van der Waals surface area contributed by atoms with Crippen LogP contribution >= 0.6 is 0 Å². The van der Waals surface area contributed by atoms with Crippen LogP contribution in [0.25, 0.3) is 0 Å². The molecule has 0 aliphatic carbocycles. The largest absolute Gasteiger partial charge is 0.469 e. The highest BCUT2D eigenvalue weighted by Gasteiger charge is 2.03. The van der Waals surface area contributed by atoms with Gasteiger partial charge in [0.15, 0.2) is 0 Å². The van der Waals surface area contributed by atoms with E-state index in [1.807, 2.05) is 30.3 Å². The topological polar surface area (TPSA) is 68.3 Å². The number of hydrogen-bond donors (Lipinski definition) is 2. The Morgan fingerprint density at radius 3 is 2.89 bits per heavy atom. The van der Waals surface area contributed by atoms with Crippen LogP contribution in [-0.2, 0) is 17.6 Å². The third kappa shape index (κ3) is 3.66. The highest BCUT2D eigenvalue weighted by molar-refractivity contribution is 5.78. The van der Waals surface area contributed by atoms with E-state index >= 15 is 0 Å². The summed E-state index contributed by atoms with van der Waals surface area (Å²) < 4.78 is 5.18. The van der Waals surface area contributed by atoms with Gasteiger partial charge in [-0.05, 0) is 29.8 Å². The van der Waals surface area contributed by atoms with Crippen molar-refractivity contribution < 1.29 is 9.21 Å². The Balaban J connectivity index is 1.75. The van der Waals surface area contributed by atoms with Crippen molar-refractivity contribution in [3.05, 3.63) is 54.0 Å². The van der Waals surface area contributed by atoms with Gasteiger partial charge in [0.2, 0.25) is 5.91 Å². The van der Waals surface area contributed by atoms with Crippen LogP contribution in [-0.4, -0.2) is 12.5 Å². The van der Waals surface area contributed by atoms with E-state index in [4.69, 9.17) is 10.2 Å². The molecule has 94 valence electrons. The predicted octanol–water partition coefficient (Wildman–Crippen LogP) is 1.76. The molecular formula is C14H16N2O2. The summed E-state index contributed by atoms with van der Waals surface area (Å²) in [4.78, 5) is 11.7. The number of anilines is 1. The summed E-state index contributed by atoms with van der Waals surface area (Å²) in [6.45, 7) is 0.578. The molecule has 4 heteroatoms. The molecule has 1 heterocycles. The van der Waals surface area contributed by atoms with Crippen LogP contribution in [0.3, 0.4) is 0 Å². The van der Waals surface area contributed by atoms with E-state index in [-0.39, 0.29) is 5.91 Å². The van der Waals surface area contributed by atoms with Crippen LogP contribution < -0.4 is 11.1 Å². The smallest absolute Gasteiger partial charge is 0.224 e. The zero-order chi connectivity index (χ0) is 12.8. The molecule has 1 aromatic carbocycles. The van der Waals surface area contributed by atoms with Gasteiger partial charge < -0.3 is 15.5 Å². The molecule has 0 atom stereocenters. The van der Waals surface area contributed by atoms with Crippen LogP contribution in [0.15, 0.2) is 47.1 Å². The van der Waals surface area contributed by atoms with Gasteiger partial charge in [-0.1, -0.05) is 12.1 Å². The van der Waals surface area contributed by atoms with Crippen LogP contribution in [0.5, 0.6) is 0 Å². The van der Waals surface area contributed by atoms with Gasteiger partial charge in [-0.2, -0.15) is 0 Å². The molecule has 0 fully saturated rings. The Bertz CT molecular complexity index is 506. The molecule has 0 aliphatic rings. The number of nitrogens with two attached hydrogens (primary N) is 1. The van der Waals surface area contributed by atoms with Gasteiger partial charge in [-0.25, -0.2) is 0 Å². The number of hydrogen-bond acceptors (Lipinski definition) is 3. The minimum Gasteiger partial charge on any atom is -0.469 e. The number of carbonyl (C=O) groups is 1. The molecule has 0 radical (unpaired) electrons. The first-order valence-corrected chi connectivity index (χ1v) is 5.87. The molecule has 4 nitrogen and oxygen atoms in total. The monoisotopic (exact) mass is 244 g/mol. The number of nitrogens with one attached hydrogen (secondary N) is 1. The third-order valence-corrected chi connectivity index (χ3v) is 2.59. The van der Waals surface area contributed by atoms with Gasteiger partial charge in [0.1, 0.15) is 5.76 Å². The van der Waals surface area contributed by atoms with E-state index in [1.54, 1.807) is 12.3 Å². The second-order valence-electron chi connectivity index (χ2n) is 4.10. The first-order chi connectivity index (χ1) is 8.74. The van der Waals surface area contributed by atoms with Gasteiger partial charge >= 0.3 is 0 Å². The normalized spacial score (nSPS) is 10.2. The summed E-state index contributed by atoms with van der Waals surface area (Å²) >= 11 is 0. The summed E-state index contributed by atoms with van der Waals surface area (Å²) in [5.41, 5.74) is 7.25. The Hall–Kier alpha value is -2.23. The maximum absolute atomic E-state index is 11.7. The summed E-state index contributed by atoms with van der Waals surface area (Å²) in [5, 5.41) is 2.85. The Morgan fingerprint density at radius 2 is 2.17 bits per heavy atom. The molecule has 0 unspecified atom stereocenters. The second-order valence-corrected chi connectivity index (χ2v) is 4.10. The minimum atomic E-state index is -0.00726. The summed E-state index contributed by atoms with van der Waals surface area (Å²) in [7, 11) is 0. The van der Waals surface area contributed by atoms with E-state index in [2.05, 4.69) is 5.32 Å². The number of nitrogen functional groups attached to an aromatic ring is 1. The van der Waals surface area contributed by atoms with Crippen molar-refractivity contribution in [2.75, 3.05) is 12.3 Å². The van der Waals surface area contributed by atoms with Crippen molar-refractivity contribution >= 4 is 11.6 Å². The van der Waals surface area contributed by atoms with Crippen molar-refractivity contribution in [1.29, 1.82) is 0 Å². The number of benzene rings is 1. The van der Waals surface area contributed by atoms with Crippen LogP contribution in [0, 0.1) is 0 Å². The molecule has 0 aliphatic heterocycles. The SMILES string of the molecule is Nc1cccc(CC(=O)NCCc2ccco2)c1. The molecule has 2 aromatic rings.